The number of benzene rings is 2. The molecule has 2 heterocycles. The molecule has 37 heavy (non-hydrogen) atoms. The highest BCUT2D eigenvalue weighted by Gasteiger charge is 2.23. The Hall–Kier alpha value is -3.96. The zero-order valence-electron chi connectivity index (χ0n) is 19.7. The lowest BCUT2D eigenvalue weighted by Crippen LogP contribution is -2.45. The molecule has 1 aliphatic rings. The summed E-state index contributed by atoms with van der Waals surface area (Å²) in [7, 11) is -3.99. The van der Waals surface area contributed by atoms with Crippen molar-refractivity contribution in [1.29, 1.82) is 0 Å². The molecule has 2 amide bonds. The number of nitrogens with zero attached hydrogens (tertiary/aromatic N) is 2. The Bertz CT molecular complexity index is 1360. The average molecular weight is 525 g/mol. The first kappa shape index (κ1) is 26.1. The fourth-order valence-electron chi connectivity index (χ4n) is 3.63. The summed E-state index contributed by atoms with van der Waals surface area (Å²) < 4.78 is 47.0. The van der Waals surface area contributed by atoms with E-state index in [1.165, 1.54) is 36.7 Å². The molecular weight excluding hydrogens is 499 g/mol. The number of halogens is 1. The van der Waals surface area contributed by atoms with Crippen molar-refractivity contribution in [3.05, 3.63) is 89.9 Å². The van der Waals surface area contributed by atoms with Crippen molar-refractivity contribution in [2.24, 2.45) is 10.3 Å². The lowest BCUT2D eigenvalue weighted by atomic mass is 10.0. The van der Waals surface area contributed by atoms with Gasteiger partial charge in [-0.2, -0.15) is 12.8 Å². The number of anilines is 1. The van der Waals surface area contributed by atoms with E-state index >= 15 is 0 Å². The number of sulfonamides is 1. The zero-order chi connectivity index (χ0) is 26.3. The first-order valence-corrected chi connectivity index (χ1v) is 13.0. The smallest absolute Gasteiger partial charge is 0.299 e. The molecule has 1 fully saturated rings. The monoisotopic (exact) mass is 524 g/mol. The number of pyridine rings is 1. The van der Waals surface area contributed by atoms with E-state index in [2.05, 4.69) is 20.0 Å². The molecule has 3 aromatic rings. The minimum Gasteiger partial charge on any atom is -0.381 e. The maximum atomic E-state index is 13.2. The van der Waals surface area contributed by atoms with Crippen molar-refractivity contribution >= 4 is 33.7 Å². The second-order valence-corrected chi connectivity index (χ2v) is 10.0. The number of rotatable bonds is 9. The molecule has 0 spiro atoms. The van der Waals surface area contributed by atoms with Gasteiger partial charge in [-0.15, -0.1) is 0 Å². The Kier molecular flexibility index (Phi) is 8.36. The lowest BCUT2D eigenvalue weighted by molar-refractivity contribution is -0.118. The molecule has 2 atom stereocenters. The minimum atomic E-state index is -3.99. The van der Waals surface area contributed by atoms with Crippen LogP contribution in [-0.4, -0.2) is 50.7 Å². The van der Waals surface area contributed by atoms with Crippen molar-refractivity contribution in [2.75, 3.05) is 18.5 Å². The summed E-state index contributed by atoms with van der Waals surface area (Å²) >= 11 is 0. The van der Waals surface area contributed by atoms with Gasteiger partial charge in [0.15, 0.2) is 5.03 Å². The number of hydrogen-bond donors (Lipinski definition) is 2. The third kappa shape index (κ3) is 7.28. The summed E-state index contributed by atoms with van der Waals surface area (Å²) in [6.07, 6.45) is 3.47. The average Bonchev–Trinajstić information content (AvgIpc) is 3.42. The number of carbonyl (C=O) groups is 2. The maximum absolute atomic E-state index is 13.2. The lowest BCUT2D eigenvalue weighted by Gasteiger charge is -2.19. The van der Waals surface area contributed by atoms with Crippen LogP contribution >= 0.6 is 0 Å². The fraction of sp³-hybridized carbons (Fsp3) is 0.231. The molecule has 0 radical (unpaired) electrons. The summed E-state index contributed by atoms with van der Waals surface area (Å²) in [4.78, 5) is 29.8. The normalized spacial score (nSPS) is 16.4. The van der Waals surface area contributed by atoms with Gasteiger partial charge in [0.1, 0.15) is 11.9 Å². The summed E-state index contributed by atoms with van der Waals surface area (Å²) in [5.74, 6) is -1.61. The molecule has 0 bridgehead atoms. The number of amides is 2. The highest BCUT2D eigenvalue weighted by atomic mass is 32.2. The molecular formula is C26H25FN4O5S. The van der Waals surface area contributed by atoms with E-state index in [-0.39, 0.29) is 28.6 Å². The molecule has 192 valence electrons. The first-order valence-electron chi connectivity index (χ1n) is 11.6. The van der Waals surface area contributed by atoms with Gasteiger partial charge in [-0.25, -0.2) is 9.37 Å². The molecule has 2 aromatic carbocycles. The number of ether oxygens (including phenoxy) is 1. The van der Waals surface area contributed by atoms with Crippen LogP contribution in [0.15, 0.2) is 82.4 Å². The van der Waals surface area contributed by atoms with Gasteiger partial charge in [0.25, 0.3) is 15.9 Å². The van der Waals surface area contributed by atoms with Crippen LogP contribution in [-0.2, 0) is 26.0 Å². The van der Waals surface area contributed by atoms with Gasteiger partial charge >= 0.3 is 0 Å². The topological polar surface area (TPSA) is 127 Å². The van der Waals surface area contributed by atoms with Crippen LogP contribution in [0.3, 0.4) is 0 Å². The highest BCUT2D eigenvalue weighted by molar-refractivity contribution is 7.90. The van der Waals surface area contributed by atoms with Gasteiger partial charge in [0, 0.05) is 30.7 Å². The van der Waals surface area contributed by atoms with Crippen LogP contribution in [0.25, 0.3) is 0 Å². The van der Waals surface area contributed by atoms with E-state index in [4.69, 9.17) is 4.74 Å². The molecule has 0 aliphatic carbocycles. The standard InChI is InChI=1S/C26H25FN4O5S/c27-21-8-6-20(7-9-21)25(32)31-23(14-18-4-2-1-3-5-18)26(33)30-22-10-11-24(28-16-22)37(34,35)29-15-19-12-13-36-17-19/h1-11,15-16,19,23H,12-14,17H2,(H,30,33)(H,31,32)/b29-15+/t19?,23-/m0/s1. The quantitative estimate of drug-likeness (QED) is 0.415. The van der Waals surface area contributed by atoms with Crippen molar-refractivity contribution < 1.29 is 27.1 Å². The van der Waals surface area contributed by atoms with Crippen molar-refractivity contribution in [3.63, 3.8) is 0 Å². The molecule has 2 N–H and O–H groups in total. The molecule has 4 rings (SSSR count). The molecule has 11 heteroatoms. The van der Waals surface area contributed by atoms with Gasteiger partial charge < -0.3 is 15.4 Å². The van der Waals surface area contributed by atoms with Gasteiger partial charge in [0.05, 0.1) is 18.5 Å². The predicted molar refractivity (Wildman–Crippen MR) is 135 cm³/mol. The Balaban J connectivity index is 1.46. The summed E-state index contributed by atoms with van der Waals surface area (Å²) in [5, 5.41) is 5.08. The van der Waals surface area contributed by atoms with Crippen LogP contribution < -0.4 is 10.6 Å². The number of hydrogen-bond acceptors (Lipinski definition) is 6. The Morgan fingerprint density at radius 3 is 2.51 bits per heavy atom. The van der Waals surface area contributed by atoms with Crippen LogP contribution in [0, 0.1) is 11.7 Å². The van der Waals surface area contributed by atoms with Crippen molar-refractivity contribution in [1.82, 2.24) is 10.3 Å². The molecule has 1 saturated heterocycles. The summed E-state index contributed by atoms with van der Waals surface area (Å²) in [6, 6.07) is 15.8. The molecule has 0 saturated carbocycles. The van der Waals surface area contributed by atoms with Crippen molar-refractivity contribution in [2.45, 2.75) is 23.9 Å². The van der Waals surface area contributed by atoms with E-state index < -0.39 is 33.7 Å². The van der Waals surface area contributed by atoms with Gasteiger partial charge in [-0.05, 0) is 48.4 Å². The highest BCUT2D eigenvalue weighted by Crippen LogP contribution is 2.16. The second kappa shape index (κ2) is 11.8. The van der Waals surface area contributed by atoms with E-state index in [9.17, 15) is 22.4 Å². The zero-order valence-corrected chi connectivity index (χ0v) is 20.5. The van der Waals surface area contributed by atoms with Gasteiger partial charge in [0.2, 0.25) is 5.91 Å². The van der Waals surface area contributed by atoms with E-state index in [0.29, 0.717) is 19.6 Å². The molecule has 1 aliphatic heterocycles. The molecule has 9 nitrogen and oxygen atoms in total. The van der Waals surface area contributed by atoms with Crippen LogP contribution in [0.4, 0.5) is 10.1 Å². The minimum absolute atomic E-state index is 0.0556. The van der Waals surface area contributed by atoms with Crippen LogP contribution in [0.2, 0.25) is 0 Å². The van der Waals surface area contributed by atoms with E-state index in [1.54, 1.807) is 0 Å². The van der Waals surface area contributed by atoms with Crippen LogP contribution in [0.5, 0.6) is 0 Å². The SMILES string of the molecule is O=C(N[C@@H](Cc1ccccc1)C(=O)Nc1ccc(S(=O)(=O)/N=C/C2CCOC2)nc1)c1ccc(F)cc1. The number of nitrogens with one attached hydrogen (secondary N) is 2. The van der Waals surface area contributed by atoms with E-state index in [0.717, 1.165) is 17.7 Å². The fourth-order valence-corrected chi connectivity index (χ4v) is 4.49. The third-order valence-electron chi connectivity index (χ3n) is 5.65. The predicted octanol–water partition coefficient (Wildman–Crippen LogP) is 3.00. The summed E-state index contributed by atoms with van der Waals surface area (Å²) in [6.45, 7) is 0.998. The third-order valence-corrected chi connectivity index (χ3v) is 6.82. The largest absolute Gasteiger partial charge is 0.381 e. The Morgan fingerprint density at radius 1 is 1.11 bits per heavy atom. The molecule has 1 aromatic heterocycles. The van der Waals surface area contributed by atoms with Gasteiger partial charge in [-0.3, -0.25) is 9.59 Å². The van der Waals surface area contributed by atoms with E-state index in [1.807, 2.05) is 30.3 Å². The summed E-state index contributed by atoms with van der Waals surface area (Å²) in [5.41, 5.74) is 1.26. The Labute approximate surface area is 213 Å². The molecule has 1 unspecified atom stereocenters. The van der Waals surface area contributed by atoms with Gasteiger partial charge in [-0.1, -0.05) is 30.3 Å². The van der Waals surface area contributed by atoms with Crippen molar-refractivity contribution in [3.8, 4) is 0 Å². The Morgan fingerprint density at radius 2 is 1.86 bits per heavy atom. The van der Waals surface area contributed by atoms with Crippen LogP contribution in [0.1, 0.15) is 22.3 Å². The number of aromatic nitrogens is 1. The maximum Gasteiger partial charge on any atom is 0.299 e. The second-order valence-electron chi connectivity index (χ2n) is 8.45. The number of carbonyl (C=O) groups excluding carboxylic acids is 2. The first-order chi connectivity index (χ1) is 17.8.